The summed E-state index contributed by atoms with van der Waals surface area (Å²) in [7, 11) is 1.48. The number of aromatic hydroxyl groups is 1. The molecule has 0 heterocycles. The minimum absolute atomic E-state index is 0.0170. The van der Waals surface area contributed by atoms with E-state index in [1.807, 2.05) is 0 Å². The van der Waals surface area contributed by atoms with Crippen LogP contribution in [0.5, 0.6) is 5.75 Å². The Hall–Kier alpha value is -1.56. The normalized spacial score (nSPS) is 15.2. The lowest BCUT2D eigenvalue weighted by Gasteiger charge is -2.23. The fraction of sp³-hybridized carbons (Fsp3) is 0.417. The molecule has 0 aliphatic rings. The summed E-state index contributed by atoms with van der Waals surface area (Å²) in [6.07, 6.45) is -4.84. The number of benzene rings is 1. The van der Waals surface area contributed by atoms with Crippen molar-refractivity contribution in [2.75, 3.05) is 7.05 Å². The number of hydrogen-bond donors (Lipinski definition) is 2. The van der Waals surface area contributed by atoms with E-state index in [0.29, 0.717) is 5.56 Å². The second-order valence-electron chi connectivity index (χ2n) is 4.01. The summed E-state index contributed by atoms with van der Waals surface area (Å²) in [5.41, 5.74) is 0.514. The molecule has 0 bridgehead atoms. The Morgan fingerprint density at radius 3 is 2.17 bits per heavy atom. The van der Waals surface area contributed by atoms with Gasteiger partial charge in [-0.2, -0.15) is 13.2 Å². The molecule has 0 fully saturated rings. The number of hydrogen-bond acceptors (Lipinski definition) is 3. The minimum Gasteiger partial charge on any atom is -0.508 e. The van der Waals surface area contributed by atoms with Crippen LogP contribution in [0.15, 0.2) is 24.3 Å². The van der Waals surface area contributed by atoms with Crippen molar-refractivity contribution >= 4 is 5.78 Å². The molecule has 1 aromatic rings. The zero-order valence-corrected chi connectivity index (χ0v) is 9.95. The zero-order chi connectivity index (χ0) is 13.9. The van der Waals surface area contributed by atoms with Crippen molar-refractivity contribution in [1.29, 1.82) is 0 Å². The van der Waals surface area contributed by atoms with E-state index in [9.17, 15) is 18.0 Å². The van der Waals surface area contributed by atoms with Crippen LogP contribution in [-0.4, -0.2) is 24.1 Å². The second-order valence-corrected chi connectivity index (χ2v) is 4.01. The molecule has 0 amide bonds. The number of Topliss-reactive ketones (excluding diaryl/α,β-unsaturated/α-hetero) is 1. The predicted octanol–water partition coefficient (Wildman–Crippen LogP) is 2.42. The Morgan fingerprint density at radius 2 is 1.78 bits per heavy atom. The van der Waals surface area contributed by atoms with Gasteiger partial charge in [0.15, 0.2) is 0 Å². The van der Waals surface area contributed by atoms with Crippen LogP contribution in [0, 0.1) is 5.92 Å². The summed E-state index contributed by atoms with van der Waals surface area (Å²) in [6.45, 7) is 1.23. The molecule has 0 radical (unpaired) electrons. The molecule has 0 saturated heterocycles. The van der Waals surface area contributed by atoms with Gasteiger partial charge < -0.3 is 10.4 Å². The molecule has 0 saturated carbocycles. The van der Waals surface area contributed by atoms with E-state index in [0.717, 1.165) is 0 Å². The molecular formula is C12H14F3NO2. The topological polar surface area (TPSA) is 49.3 Å². The molecule has 0 spiro atoms. The average Bonchev–Trinajstić information content (AvgIpc) is 2.30. The lowest BCUT2D eigenvalue weighted by molar-refractivity contribution is -0.176. The van der Waals surface area contributed by atoms with Crippen molar-refractivity contribution in [3.05, 3.63) is 29.8 Å². The van der Waals surface area contributed by atoms with Crippen molar-refractivity contribution < 1.29 is 23.1 Å². The van der Waals surface area contributed by atoms with Gasteiger partial charge >= 0.3 is 6.18 Å². The summed E-state index contributed by atoms with van der Waals surface area (Å²) in [5, 5.41) is 11.8. The highest BCUT2D eigenvalue weighted by Crippen LogP contribution is 2.30. The maximum Gasteiger partial charge on any atom is 0.450 e. The quantitative estimate of drug-likeness (QED) is 0.875. The summed E-state index contributed by atoms with van der Waals surface area (Å²) in [6, 6.07) is 4.95. The van der Waals surface area contributed by atoms with Gasteiger partial charge in [-0.15, -0.1) is 0 Å². The molecule has 2 unspecified atom stereocenters. The maximum atomic E-state index is 12.4. The van der Waals surface area contributed by atoms with Crippen LogP contribution in [0.1, 0.15) is 18.5 Å². The van der Waals surface area contributed by atoms with E-state index < -0.39 is 23.9 Å². The van der Waals surface area contributed by atoms with Crippen LogP contribution in [-0.2, 0) is 4.79 Å². The summed E-state index contributed by atoms with van der Waals surface area (Å²) in [5.74, 6) is -2.99. The van der Waals surface area contributed by atoms with Crippen LogP contribution in [0.2, 0.25) is 0 Å². The lowest BCUT2D eigenvalue weighted by Crippen LogP contribution is -2.36. The number of carbonyl (C=O) groups excluding carboxylic acids is 1. The number of rotatable bonds is 4. The van der Waals surface area contributed by atoms with Gasteiger partial charge in [-0.1, -0.05) is 19.1 Å². The third-order valence-corrected chi connectivity index (χ3v) is 2.76. The monoisotopic (exact) mass is 261 g/mol. The van der Waals surface area contributed by atoms with E-state index in [4.69, 9.17) is 5.11 Å². The van der Waals surface area contributed by atoms with Gasteiger partial charge in [0.25, 0.3) is 0 Å². The van der Waals surface area contributed by atoms with Crippen LogP contribution in [0.25, 0.3) is 0 Å². The van der Waals surface area contributed by atoms with Gasteiger partial charge in [0.2, 0.25) is 5.78 Å². The Morgan fingerprint density at radius 1 is 1.28 bits per heavy atom. The molecule has 100 valence electrons. The summed E-state index contributed by atoms with van der Waals surface area (Å²) in [4.78, 5) is 11.2. The molecular weight excluding hydrogens is 247 g/mol. The highest BCUT2D eigenvalue weighted by atomic mass is 19.4. The van der Waals surface area contributed by atoms with Crippen molar-refractivity contribution in [2.24, 2.45) is 5.92 Å². The first-order valence-corrected chi connectivity index (χ1v) is 5.34. The summed E-state index contributed by atoms with van der Waals surface area (Å²) >= 11 is 0. The molecule has 0 aliphatic heterocycles. The number of halogens is 3. The van der Waals surface area contributed by atoms with Crippen LogP contribution in [0.3, 0.4) is 0 Å². The lowest BCUT2D eigenvalue weighted by atomic mass is 9.91. The number of phenolic OH excluding ortho intramolecular Hbond substituents is 1. The Labute approximate surface area is 103 Å². The molecule has 1 rings (SSSR count). The maximum absolute atomic E-state index is 12.4. The van der Waals surface area contributed by atoms with E-state index in [-0.39, 0.29) is 5.75 Å². The molecule has 1 aromatic carbocycles. The van der Waals surface area contributed by atoms with E-state index >= 15 is 0 Å². The SMILES string of the molecule is CNC(c1ccc(O)cc1)C(C)C(=O)C(F)(F)F. The van der Waals surface area contributed by atoms with Crippen molar-refractivity contribution in [2.45, 2.75) is 19.1 Å². The number of ketones is 1. The average molecular weight is 261 g/mol. The van der Waals surface area contributed by atoms with Gasteiger partial charge in [-0.3, -0.25) is 4.79 Å². The third kappa shape index (κ3) is 3.22. The molecule has 6 heteroatoms. The third-order valence-electron chi connectivity index (χ3n) is 2.76. The van der Waals surface area contributed by atoms with Gasteiger partial charge in [0.1, 0.15) is 5.75 Å². The number of alkyl halides is 3. The largest absolute Gasteiger partial charge is 0.508 e. The van der Waals surface area contributed by atoms with Crippen molar-refractivity contribution in [3.63, 3.8) is 0 Å². The van der Waals surface area contributed by atoms with Crippen molar-refractivity contribution in [1.82, 2.24) is 5.32 Å². The molecule has 2 atom stereocenters. The number of carbonyl (C=O) groups is 1. The van der Waals surface area contributed by atoms with E-state index in [2.05, 4.69) is 5.32 Å². The number of nitrogens with one attached hydrogen (secondary N) is 1. The first-order chi connectivity index (χ1) is 8.27. The first kappa shape index (κ1) is 14.5. The first-order valence-electron chi connectivity index (χ1n) is 5.34. The van der Waals surface area contributed by atoms with Gasteiger partial charge in [-0.25, -0.2) is 0 Å². The van der Waals surface area contributed by atoms with Gasteiger partial charge in [0, 0.05) is 12.0 Å². The molecule has 0 aromatic heterocycles. The van der Waals surface area contributed by atoms with Crippen LogP contribution >= 0.6 is 0 Å². The van der Waals surface area contributed by atoms with E-state index in [1.54, 1.807) is 0 Å². The fourth-order valence-corrected chi connectivity index (χ4v) is 1.80. The fourth-order valence-electron chi connectivity index (χ4n) is 1.80. The van der Waals surface area contributed by atoms with Crippen molar-refractivity contribution in [3.8, 4) is 5.75 Å². The Bertz CT molecular complexity index is 414. The van der Waals surface area contributed by atoms with Gasteiger partial charge in [0.05, 0.1) is 0 Å². The molecule has 0 aliphatic carbocycles. The standard InChI is InChI=1S/C12H14F3NO2/c1-7(11(18)12(13,14)15)10(16-2)8-3-5-9(17)6-4-8/h3-7,10,16-17H,1-2H3. The van der Waals surface area contributed by atoms with Crippen LogP contribution in [0.4, 0.5) is 13.2 Å². The summed E-state index contributed by atoms with van der Waals surface area (Å²) < 4.78 is 37.1. The Kier molecular flexibility index (Phi) is 4.34. The second kappa shape index (κ2) is 5.39. The minimum atomic E-state index is -4.84. The highest BCUT2D eigenvalue weighted by molar-refractivity contribution is 5.86. The molecule has 18 heavy (non-hydrogen) atoms. The molecule has 2 N–H and O–H groups in total. The predicted molar refractivity (Wildman–Crippen MR) is 60.1 cm³/mol. The molecule has 3 nitrogen and oxygen atoms in total. The Balaban J connectivity index is 2.97. The number of phenols is 1. The zero-order valence-electron chi connectivity index (χ0n) is 9.95. The van der Waals surface area contributed by atoms with Crippen LogP contribution < -0.4 is 5.32 Å². The van der Waals surface area contributed by atoms with E-state index in [1.165, 1.54) is 38.2 Å². The van der Waals surface area contributed by atoms with Gasteiger partial charge in [-0.05, 0) is 24.7 Å². The smallest absolute Gasteiger partial charge is 0.450 e. The highest BCUT2D eigenvalue weighted by Gasteiger charge is 2.43.